The number of carbonyl (C=O) groups is 1. The maximum absolute atomic E-state index is 13.2. The number of piperidine rings is 1. The van der Waals surface area contributed by atoms with E-state index in [1.54, 1.807) is 0 Å². The van der Waals surface area contributed by atoms with Crippen LogP contribution in [0.4, 0.5) is 18.0 Å². The third-order valence-electron chi connectivity index (χ3n) is 6.16. The summed E-state index contributed by atoms with van der Waals surface area (Å²) in [5, 5.41) is 16.5. The van der Waals surface area contributed by atoms with Crippen LogP contribution >= 0.6 is 11.8 Å². The second-order valence-electron chi connectivity index (χ2n) is 8.33. The molecule has 2 aliphatic rings. The first-order valence-electron chi connectivity index (χ1n) is 10.8. The summed E-state index contributed by atoms with van der Waals surface area (Å²) in [5.74, 6) is 1.70. The number of benzene rings is 1. The second-order valence-corrected chi connectivity index (χ2v) is 9.55. The van der Waals surface area contributed by atoms with Crippen molar-refractivity contribution in [3.63, 3.8) is 0 Å². The van der Waals surface area contributed by atoms with Gasteiger partial charge in [0.25, 0.3) is 0 Å². The number of alkyl halides is 3. The van der Waals surface area contributed by atoms with Gasteiger partial charge in [-0.15, -0.1) is 0 Å². The molecule has 0 bridgehead atoms. The molecule has 6 nitrogen and oxygen atoms in total. The lowest BCUT2D eigenvalue weighted by Crippen LogP contribution is -2.51. The van der Waals surface area contributed by atoms with Crippen molar-refractivity contribution in [2.75, 3.05) is 44.3 Å². The van der Waals surface area contributed by atoms with Crippen LogP contribution in [0.1, 0.15) is 40.8 Å². The van der Waals surface area contributed by atoms with Crippen LogP contribution in [0.25, 0.3) is 0 Å². The Kier molecular flexibility index (Phi) is 6.99. The molecule has 0 radical (unpaired) electrons. The molecule has 2 atom stereocenters. The number of thioether (sulfide) groups is 1. The van der Waals surface area contributed by atoms with Gasteiger partial charge in [-0.3, -0.25) is 5.10 Å². The molecule has 0 spiro atoms. The van der Waals surface area contributed by atoms with Gasteiger partial charge < -0.3 is 14.9 Å². The molecular formula is C22H27F3N4O2S. The molecule has 2 N–H and O–H groups in total. The van der Waals surface area contributed by atoms with Gasteiger partial charge in [-0.05, 0) is 30.2 Å². The summed E-state index contributed by atoms with van der Waals surface area (Å²) in [6.07, 6.45) is -3.22. The van der Waals surface area contributed by atoms with Crippen molar-refractivity contribution in [3.05, 3.63) is 52.8 Å². The molecule has 2 saturated heterocycles. The van der Waals surface area contributed by atoms with Crippen LogP contribution in [0.2, 0.25) is 0 Å². The van der Waals surface area contributed by atoms with Crippen LogP contribution < -0.4 is 0 Å². The lowest BCUT2D eigenvalue weighted by Gasteiger charge is -2.40. The maximum Gasteiger partial charge on any atom is 0.416 e. The van der Waals surface area contributed by atoms with Gasteiger partial charge in [-0.1, -0.05) is 12.1 Å². The van der Waals surface area contributed by atoms with Crippen LogP contribution in [-0.2, 0) is 12.6 Å². The average Bonchev–Trinajstić information content (AvgIpc) is 3.27. The predicted molar refractivity (Wildman–Crippen MR) is 117 cm³/mol. The van der Waals surface area contributed by atoms with Crippen molar-refractivity contribution < 1.29 is 23.1 Å². The van der Waals surface area contributed by atoms with Gasteiger partial charge in [0.05, 0.1) is 11.3 Å². The van der Waals surface area contributed by atoms with Gasteiger partial charge in [-0.25, -0.2) is 4.79 Å². The van der Waals surface area contributed by atoms with Gasteiger partial charge in [0, 0.05) is 68.2 Å². The van der Waals surface area contributed by atoms with E-state index in [0.717, 1.165) is 40.6 Å². The number of halogens is 3. The highest BCUT2D eigenvalue weighted by molar-refractivity contribution is 7.99. The van der Waals surface area contributed by atoms with E-state index in [4.69, 9.17) is 0 Å². The number of likely N-dealkylation sites (tertiary alicyclic amines) is 1. The minimum atomic E-state index is -4.37. The Labute approximate surface area is 189 Å². The molecular weight excluding hydrogens is 441 g/mol. The van der Waals surface area contributed by atoms with Crippen molar-refractivity contribution in [2.45, 2.75) is 30.9 Å². The zero-order valence-electron chi connectivity index (χ0n) is 17.6. The molecule has 174 valence electrons. The fourth-order valence-electron chi connectivity index (χ4n) is 4.45. The van der Waals surface area contributed by atoms with Crippen LogP contribution in [0.3, 0.4) is 0 Å². The van der Waals surface area contributed by atoms with Crippen molar-refractivity contribution in [3.8, 4) is 0 Å². The van der Waals surface area contributed by atoms with Gasteiger partial charge in [-0.2, -0.15) is 30.0 Å². The highest BCUT2D eigenvalue weighted by Gasteiger charge is 2.36. The second kappa shape index (κ2) is 9.74. The minimum absolute atomic E-state index is 0.0120. The zero-order chi connectivity index (χ0) is 22.7. The number of nitrogens with zero attached hydrogens (tertiary/aromatic N) is 3. The Bertz CT molecular complexity index is 913. The Balaban J connectivity index is 1.57. The number of hydrogen-bond acceptors (Lipinski definition) is 4. The number of aromatic nitrogens is 2. The van der Waals surface area contributed by atoms with Crippen LogP contribution in [0.5, 0.6) is 0 Å². The molecule has 2 fully saturated rings. The van der Waals surface area contributed by atoms with Crippen molar-refractivity contribution in [1.29, 1.82) is 0 Å². The number of aliphatic hydroxyl groups is 1. The summed E-state index contributed by atoms with van der Waals surface area (Å²) in [6.45, 7) is 2.41. The first kappa shape index (κ1) is 23.0. The Morgan fingerprint density at radius 3 is 2.47 bits per heavy atom. The highest BCUT2D eigenvalue weighted by Crippen LogP contribution is 2.37. The summed E-state index contributed by atoms with van der Waals surface area (Å²) in [6, 6.07) is 7.17. The summed E-state index contributed by atoms with van der Waals surface area (Å²) in [4.78, 5) is 16.9. The number of H-pyrrole nitrogens is 1. The van der Waals surface area contributed by atoms with E-state index >= 15 is 0 Å². The van der Waals surface area contributed by atoms with Crippen LogP contribution in [-0.4, -0.2) is 75.4 Å². The van der Waals surface area contributed by atoms with E-state index in [1.165, 1.54) is 12.1 Å². The average molecular weight is 469 g/mol. The number of aliphatic hydroxyl groups excluding tert-OH is 1. The van der Waals surface area contributed by atoms with Crippen molar-refractivity contribution in [1.82, 2.24) is 20.0 Å². The summed E-state index contributed by atoms with van der Waals surface area (Å²) in [7, 11) is 0. The summed E-state index contributed by atoms with van der Waals surface area (Å²) < 4.78 is 39.0. The van der Waals surface area contributed by atoms with E-state index < -0.39 is 11.7 Å². The fraction of sp³-hybridized carbons (Fsp3) is 0.545. The molecule has 2 aliphatic heterocycles. The Morgan fingerprint density at radius 1 is 1.12 bits per heavy atom. The number of rotatable bonds is 4. The smallest absolute Gasteiger partial charge is 0.396 e. The molecule has 3 heterocycles. The number of urea groups is 1. The Morgan fingerprint density at radius 2 is 1.81 bits per heavy atom. The van der Waals surface area contributed by atoms with E-state index in [2.05, 4.69) is 10.2 Å². The topological polar surface area (TPSA) is 72.5 Å². The summed E-state index contributed by atoms with van der Waals surface area (Å²) >= 11 is 1.83. The molecule has 2 aromatic rings. The number of amides is 2. The molecule has 1 aromatic heterocycles. The van der Waals surface area contributed by atoms with E-state index in [-0.39, 0.29) is 24.5 Å². The molecule has 0 saturated carbocycles. The van der Waals surface area contributed by atoms with E-state index in [9.17, 15) is 23.1 Å². The number of aromatic amines is 1. The molecule has 10 heteroatoms. The molecule has 2 amide bonds. The standard InChI is InChI=1S/C22H27F3N4O2S/c23-22(24,25)18-3-1-15(2-4-18)16-11-17(20-12-19(5-8-30)26-27-20)14-29(13-16)21(31)28-6-9-32-10-7-28/h1-4,12,16-17,30H,5-11,13-14H2,(H,26,27). The van der Waals surface area contributed by atoms with Crippen molar-refractivity contribution >= 4 is 17.8 Å². The number of carbonyl (C=O) groups excluding carboxylic acids is 1. The highest BCUT2D eigenvalue weighted by atomic mass is 32.2. The normalized spacial score (nSPS) is 22.2. The molecule has 32 heavy (non-hydrogen) atoms. The van der Waals surface area contributed by atoms with Crippen molar-refractivity contribution in [2.24, 2.45) is 0 Å². The van der Waals surface area contributed by atoms with E-state index in [0.29, 0.717) is 39.0 Å². The van der Waals surface area contributed by atoms with Crippen LogP contribution in [0.15, 0.2) is 30.3 Å². The van der Waals surface area contributed by atoms with Crippen LogP contribution in [0, 0.1) is 0 Å². The Hall–Kier alpha value is -2.20. The molecule has 4 rings (SSSR count). The monoisotopic (exact) mass is 468 g/mol. The summed E-state index contributed by atoms with van der Waals surface area (Å²) in [5.41, 5.74) is 1.76. The maximum atomic E-state index is 13.2. The first-order valence-corrected chi connectivity index (χ1v) is 11.9. The molecule has 2 unspecified atom stereocenters. The lowest BCUT2D eigenvalue weighted by atomic mass is 9.82. The lowest BCUT2D eigenvalue weighted by molar-refractivity contribution is -0.137. The van der Waals surface area contributed by atoms with Gasteiger partial charge in [0.2, 0.25) is 0 Å². The number of nitrogens with one attached hydrogen (secondary N) is 1. The minimum Gasteiger partial charge on any atom is -0.396 e. The SMILES string of the molecule is O=C(N1CCSCC1)N1CC(c2ccc(C(F)(F)F)cc2)CC(c2cc(CCO)[nH]n2)C1. The molecule has 1 aromatic carbocycles. The van der Waals surface area contributed by atoms with E-state index in [1.807, 2.05) is 27.6 Å². The zero-order valence-corrected chi connectivity index (χ0v) is 18.5. The predicted octanol–water partition coefficient (Wildman–Crippen LogP) is 3.71. The first-order chi connectivity index (χ1) is 15.3. The quantitative estimate of drug-likeness (QED) is 0.718. The third kappa shape index (κ3) is 5.23. The largest absolute Gasteiger partial charge is 0.416 e. The third-order valence-corrected chi connectivity index (χ3v) is 7.10. The van der Waals surface area contributed by atoms with Gasteiger partial charge >= 0.3 is 12.2 Å². The van der Waals surface area contributed by atoms with Gasteiger partial charge in [0.15, 0.2) is 0 Å². The fourth-order valence-corrected chi connectivity index (χ4v) is 5.35. The van der Waals surface area contributed by atoms with Gasteiger partial charge in [0.1, 0.15) is 0 Å². The number of hydrogen-bond donors (Lipinski definition) is 2. The molecule has 0 aliphatic carbocycles.